The second-order valence-corrected chi connectivity index (χ2v) is 53.8. The maximum Gasteiger partial charge on any atom is 0.163 e. The maximum atomic E-state index is 12.2. The molecule has 39 unspecified atom stereocenters. The van der Waals surface area contributed by atoms with Gasteiger partial charge in [0, 0.05) is 122 Å². The van der Waals surface area contributed by atoms with E-state index in [4.69, 9.17) is 17.2 Å². The highest BCUT2D eigenvalue weighted by atomic mass is 16.3. The van der Waals surface area contributed by atoms with E-state index in [0.29, 0.717) is 68.6 Å². The zero-order valence-electron chi connectivity index (χ0n) is 92.3. The van der Waals surface area contributed by atoms with E-state index >= 15 is 0 Å². The van der Waals surface area contributed by atoms with Gasteiger partial charge in [0.05, 0.1) is 114 Å². The number of quaternary nitrogens is 1. The number of hydrazine groups is 1. The second kappa shape index (κ2) is 58.8. The quantitative estimate of drug-likeness (QED) is 0.0118. The van der Waals surface area contributed by atoms with E-state index in [1.165, 1.54) is 231 Å². The van der Waals surface area contributed by atoms with E-state index in [1.54, 1.807) is 0 Å². The smallest absolute Gasteiger partial charge is 0.163 e. The van der Waals surface area contributed by atoms with Gasteiger partial charge in [0.2, 0.25) is 0 Å². The van der Waals surface area contributed by atoms with Gasteiger partial charge in [-0.15, -0.1) is 0 Å². The molecule has 16 saturated carbocycles. The lowest BCUT2D eigenvalue weighted by atomic mass is 9.63. The van der Waals surface area contributed by atoms with Gasteiger partial charge in [-0.2, -0.15) is 0 Å². The number of unbranched alkanes of at least 4 members (excludes halogenated alkanes) is 4. The van der Waals surface area contributed by atoms with E-state index in [2.05, 4.69) is 45.1 Å². The van der Waals surface area contributed by atoms with Crippen LogP contribution in [0.5, 0.6) is 0 Å². The van der Waals surface area contributed by atoms with Crippen LogP contribution < -0.4 is 38.6 Å². The summed E-state index contributed by atoms with van der Waals surface area (Å²) in [6, 6.07) is 1.22. The SMILES string of the molecule is CCCCCC(CNC(N)(C(N)C(CCC1CC2CCC1C2)CC(C1CC2CCC1C2)C1CC2CCC1C2)C1CC2CCC1C2)[N+](CCN(CC(O)CO)CC(O)CO)(CC(O)CO)C(N)(CCCCC)CN(CC(O)CO)CC(O)CO.OCC(O)CN(CCCNCCCN(CC(O)CO)NCC(NCCN(C(CCC1CC2CCC1C2)CCC1CC2CCC1C2)C1CC2CCC1C2)C1CC2CCC1C2)CC(O)CO. The molecule has 854 valence electrons. The second-order valence-electron chi connectivity index (χ2n) is 53.8. The van der Waals surface area contributed by atoms with Crippen molar-refractivity contribution in [3.63, 3.8) is 0 Å². The predicted octanol–water partition coefficient (Wildman–Crippen LogP) is 8.29. The number of nitrogens with zero attached hydrogens (tertiary/aromatic N) is 6. The van der Waals surface area contributed by atoms with Crippen molar-refractivity contribution in [1.82, 2.24) is 46.0 Å². The predicted molar refractivity (Wildman–Crippen MR) is 581 cm³/mol. The van der Waals surface area contributed by atoms with Crippen molar-refractivity contribution >= 4 is 0 Å². The minimum absolute atomic E-state index is 0.00813. The molecule has 16 aliphatic rings. The fourth-order valence-corrected chi connectivity index (χ4v) is 37.0. The number of rotatable bonds is 76. The molecule has 16 aliphatic carbocycles. The lowest BCUT2D eigenvalue weighted by molar-refractivity contribution is -0.998. The first-order valence-electron chi connectivity index (χ1n) is 62.3. The summed E-state index contributed by atoms with van der Waals surface area (Å²) in [5.74, 6) is 19.9. The molecule has 0 aromatic carbocycles. The van der Waals surface area contributed by atoms with Crippen LogP contribution in [-0.4, -0.2) is 378 Å². The minimum Gasteiger partial charge on any atom is -0.394 e. The monoisotopic (exact) mass is 2080 g/mol. The van der Waals surface area contributed by atoms with Gasteiger partial charge in [-0.25, -0.2) is 5.01 Å². The molecule has 29 nitrogen and oxygen atoms in total. The molecule has 0 amide bonds. The summed E-state index contributed by atoms with van der Waals surface area (Å²) in [5, 5.41) is 182. The van der Waals surface area contributed by atoms with Crippen molar-refractivity contribution in [2.24, 2.45) is 165 Å². The Morgan fingerprint density at radius 2 is 0.789 bits per heavy atom. The molecule has 0 aromatic heterocycles. The number of aliphatic hydroxyl groups is 16. The Bertz CT molecular complexity index is 3590. The number of nitrogens with two attached hydrogens (primary N) is 3. The van der Waals surface area contributed by atoms with Crippen LogP contribution in [0.4, 0.5) is 0 Å². The van der Waals surface area contributed by atoms with Crippen molar-refractivity contribution < 1.29 is 86.2 Å². The maximum absolute atomic E-state index is 12.2. The Kier molecular flexibility index (Phi) is 47.9. The molecule has 39 atom stereocenters. The van der Waals surface area contributed by atoms with Gasteiger partial charge in [-0.1, -0.05) is 90.9 Å². The molecule has 0 radical (unpaired) electrons. The summed E-state index contributed by atoms with van der Waals surface area (Å²) in [7, 11) is 0. The molecule has 26 N–H and O–H groups in total. The zero-order chi connectivity index (χ0) is 104. The minimum atomic E-state index is -1.30. The fraction of sp³-hybridized carbons (Fsp3) is 1.00. The van der Waals surface area contributed by atoms with Crippen LogP contribution in [0.2, 0.25) is 0 Å². The molecule has 0 saturated heterocycles. The van der Waals surface area contributed by atoms with Crippen LogP contribution in [0.15, 0.2) is 0 Å². The molecule has 0 aliphatic heterocycles. The highest BCUT2D eigenvalue weighted by Crippen LogP contribution is 2.63. The third-order valence-electron chi connectivity index (χ3n) is 44.2. The third-order valence-corrected chi connectivity index (χ3v) is 44.2. The summed E-state index contributed by atoms with van der Waals surface area (Å²) in [5.41, 5.74) is 26.8. The Morgan fingerprint density at radius 1 is 0.374 bits per heavy atom. The van der Waals surface area contributed by atoms with E-state index < -0.39 is 93.2 Å². The average molecular weight is 2080 g/mol. The van der Waals surface area contributed by atoms with E-state index in [-0.39, 0.29) is 114 Å². The van der Waals surface area contributed by atoms with Crippen LogP contribution in [0.3, 0.4) is 0 Å². The highest BCUT2D eigenvalue weighted by molar-refractivity contribution is 5.11. The van der Waals surface area contributed by atoms with E-state index in [9.17, 15) is 81.7 Å². The van der Waals surface area contributed by atoms with Crippen molar-refractivity contribution in [3.8, 4) is 0 Å². The largest absolute Gasteiger partial charge is 0.394 e. The molecule has 16 bridgehead atoms. The van der Waals surface area contributed by atoms with Crippen molar-refractivity contribution in [2.45, 2.75) is 419 Å². The van der Waals surface area contributed by atoms with E-state index in [1.807, 2.05) is 14.7 Å². The van der Waals surface area contributed by atoms with Crippen LogP contribution in [0, 0.1) is 148 Å². The molecule has 16 rings (SSSR count). The summed E-state index contributed by atoms with van der Waals surface area (Å²) in [6.07, 6.45) is 53.5. The summed E-state index contributed by atoms with van der Waals surface area (Å²) >= 11 is 0. The average Bonchev–Trinajstić information content (AvgIpc) is 0.795. The Hall–Kier alpha value is -1.16. The van der Waals surface area contributed by atoms with Gasteiger partial charge < -0.3 is 104 Å². The van der Waals surface area contributed by atoms with Crippen molar-refractivity contribution in [1.29, 1.82) is 0 Å². The van der Waals surface area contributed by atoms with Crippen LogP contribution >= 0.6 is 0 Å². The Morgan fingerprint density at radius 3 is 1.22 bits per heavy atom. The van der Waals surface area contributed by atoms with Crippen molar-refractivity contribution in [3.05, 3.63) is 0 Å². The van der Waals surface area contributed by atoms with Crippen LogP contribution in [0.25, 0.3) is 0 Å². The zero-order valence-corrected chi connectivity index (χ0v) is 92.3. The van der Waals surface area contributed by atoms with Gasteiger partial charge in [0.1, 0.15) is 18.7 Å². The third kappa shape index (κ3) is 32.2. The first-order chi connectivity index (χ1) is 71.2. The summed E-state index contributed by atoms with van der Waals surface area (Å²) in [4.78, 5) is 8.72. The van der Waals surface area contributed by atoms with Gasteiger partial charge in [-0.3, -0.25) is 40.6 Å². The van der Waals surface area contributed by atoms with Crippen LogP contribution in [0.1, 0.15) is 328 Å². The molecular formula is C118H222N13O16+. The molecule has 29 heteroatoms. The number of fused-ring (bicyclic) bond motifs is 16. The highest BCUT2D eigenvalue weighted by Gasteiger charge is 2.60. The molecule has 0 aromatic rings. The number of aliphatic hydroxyl groups excluding tert-OH is 16. The lowest BCUT2D eigenvalue weighted by Gasteiger charge is -2.59. The first-order valence-corrected chi connectivity index (χ1v) is 62.3. The van der Waals surface area contributed by atoms with Gasteiger partial charge in [-0.05, 0) is 392 Å². The van der Waals surface area contributed by atoms with Crippen LogP contribution in [-0.2, 0) is 0 Å². The molecule has 147 heavy (non-hydrogen) atoms. The molecule has 0 heterocycles. The normalized spacial score (nSPS) is 35.2. The lowest BCUT2D eigenvalue weighted by Crippen LogP contribution is -2.81. The first kappa shape index (κ1) is 120. The number of hydrogen-bond acceptors (Lipinski definition) is 28. The van der Waals surface area contributed by atoms with Gasteiger partial charge >= 0.3 is 0 Å². The number of nitrogens with one attached hydrogen (secondary N) is 4. The molecule has 0 spiro atoms. The Labute approximate surface area is 888 Å². The van der Waals surface area contributed by atoms with Crippen molar-refractivity contribution in [2.75, 3.05) is 177 Å². The molecule has 16 fully saturated rings. The Balaban J connectivity index is 0.000000228. The summed E-state index contributed by atoms with van der Waals surface area (Å²) < 4.78 is 0.0310. The fourth-order valence-electron chi connectivity index (χ4n) is 37.0. The number of hydrogen-bond donors (Lipinski definition) is 23. The van der Waals surface area contributed by atoms with E-state index in [0.717, 1.165) is 228 Å². The molecular weight excluding hydrogens is 1860 g/mol. The summed E-state index contributed by atoms with van der Waals surface area (Å²) in [6.45, 7) is 8.52. The topological polar surface area (TPSA) is 466 Å². The van der Waals surface area contributed by atoms with Gasteiger partial charge in [0.15, 0.2) is 5.66 Å². The standard InChI is InChI=1S/C66H126N7O10.C52H96N6O6/c1-3-5-7-9-54(73(37-59(83)42-78,22-21-71(33-55(79)38-74)34-56(80)39-75)65(68,20-8-6-4-2)43-72(35-57(81)40-76)36-58(82)41-77)32-70-66(69,63-30-47-13-17-52(63)27-47)64(67)53(19-18-49-24-44-10-14-48(49)23-44)31-62(60-28-45-11-15-50(60)25-45)61-29-46-12-16-51(61)26-46;59-33-47(62)30-56(31-48(63)34-60)18-1-15-53-16-2-19-57(32-49(64)35-61)55-29-51(50-27-38-5-9-44(50)25-38)54-17-20-58(52-28-39-6-10-45(52)26-39)46(13-11-42-23-36-3-7-40(42)21-36)14-12-43-24-37-4-8-41(43)22-37/h44-64,70,74-83H,3-43,67-69H2,1-2H3;36-55,59-64H,1-35H2/q+1;. The van der Waals surface area contributed by atoms with Gasteiger partial charge in [0.25, 0.3) is 0 Å².